The summed E-state index contributed by atoms with van der Waals surface area (Å²) in [5.74, 6) is -0.1000. The van der Waals surface area contributed by atoms with Crippen molar-refractivity contribution in [3.63, 3.8) is 0 Å². The second kappa shape index (κ2) is 8.51. The Labute approximate surface area is 109 Å². The molecule has 0 bridgehead atoms. The van der Waals surface area contributed by atoms with E-state index in [1.807, 2.05) is 6.26 Å². The molecule has 0 aromatic rings. The maximum atomic E-state index is 10.1. The second-order valence-electron chi connectivity index (χ2n) is 1.73. The molecule has 3 N–H and O–H groups in total. The molecule has 0 aromatic carbocycles. The van der Waals surface area contributed by atoms with Crippen LogP contribution in [0.3, 0.4) is 0 Å². The van der Waals surface area contributed by atoms with Gasteiger partial charge < -0.3 is 12.3 Å². The summed E-state index contributed by atoms with van der Waals surface area (Å²) in [4.78, 5) is 10.1. The van der Waals surface area contributed by atoms with Crippen molar-refractivity contribution in [2.75, 3.05) is 12.0 Å². The Morgan fingerprint density at radius 3 is 2.70 bits per heavy atom. The summed E-state index contributed by atoms with van der Waals surface area (Å²) in [6.07, 6.45) is 2.48. The van der Waals surface area contributed by atoms with E-state index in [-0.39, 0.29) is 52.8 Å². The molecule has 0 saturated heterocycles. The quantitative estimate of drug-likeness (QED) is 0.471. The Bertz CT molecular complexity index is 106. The van der Waals surface area contributed by atoms with Crippen molar-refractivity contribution in [2.24, 2.45) is 5.73 Å². The second-order valence-corrected chi connectivity index (χ2v) is 2.71. The number of carboxylic acid groups (broad SMARTS) is 1. The van der Waals surface area contributed by atoms with Gasteiger partial charge in [-0.2, -0.15) is 11.8 Å². The summed E-state index contributed by atoms with van der Waals surface area (Å²) in [7, 11) is 0. The van der Waals surface area contributed by atoms with Crippen LogP contribution in [0.15, 0.2) is 0 Å². The van der Waals surface area contributed by atoms with Gasteiger partial charge in [0, 0.05) is 0 Å². The van der Waals surface area contributed by atoms with Crippen molar-refractivity contribution in [2.45, 2.75) is 12.5 Å². The van der Waals surface area contributed by atoms with Gasteiger partial charge in [-0.3, -0.25) is 4.79 Å². The van der Waals surface area contributed by atoms with Crippen LogP contribution in [0.5, 0.6) is 0 Å². The molecule has 0 aliphatic carbocycles. The van der Waals surface area contributed by atoms with E-state index in [1.165, 1.54) is 0 Å². The van der Waals surface area contributed by atoms with Crippen molar-refractivity contribution in [1.29, 1.82) is 0 Å². The molecule has 0 heterocycles. The van der Waals surface area contributed by atoms with Gasteiger partial charge in [0.15, 0.2) is 0 Å². The number of nitrogens with two attached hydrogens (primary N) is 1. The van der Waals surface area contributed by atoms with Crippen molar-refractivity contribution >= 4 is 17.7 Å². The van der Waals surface area contributed by atoms with E-state index in [0.29, 0.717) is 6.42 Å². The first-order valence-electron chi connectivity index (χ1n) is 2.65. The molecular weight excluding hydrogens is 177 g/mol. The molecule has 10 heavy (non-hydrogen) atoms. The predicted octanol–water partition coefficient (Wildman–Crippen LogP) is -2.73. The normalized spacial score (nSPS) is 11.8. The number of aliphatic carboxylic acids is 1. The van der Waals surface area contributed by atoms with E-state index >= 15 is 0 Å². The molecule has 56 valence electrons. The van der Waals surface area contributed by atoms with Crippen molar-refractivity contribution < 1.29 is 62.7 Å². The number of hydrogen-bond donors (Lipinski definition) is 2. The number of thioether (sulfide) groups is 1. The number of carboxylic acids is 1. The van der Waals surface area contributed by atoms with Gasteiger partial charge in [-0.15, -0.1) is 0 Å². The topological polar surface area (TPSA) is 63.3 Å². The summed E-state index contributed by atoms with van der Waals surface area (Å²) in [5.41, 5.74) is 5.19. The van der Waals surface area contributed by atoms with Crippen LogP contribution in [0.25, 0.3) is 0 Å². The van der Waals surface area contributed by atoms with Crippen LogP contribution in [-0.4, -0.2) is 29.1 Å². The summed E-state index contributed by atoms with van der Waals surface area (Å²) in [6.45, 7) is 0. The van der Waals surface area contributed by atoms with Crippen molar-refractivity contribution in [1.82, 2.24) is 0 Å². The van der Waals surface area contributed by atoms with Crippen LogP contribution in [0.1, 0.15) is 7.85 Å². The van der Waals surface area contributed by atoms with Crippen LogP contribution in [0.2, 0.25) is 0 Å². The average Bonchev–Trinajstić information content (AvgIpc) is 1.82. The molecule has 5 heteroatoms. The third-order valence-corrected chi connectivity index (χ3v) is 1.59. The summed E-state index contributed by atoms with van der Waals surface area (Å²) >= 11 is 1.60. The average molecular weight is 189 g/mol. The molecule has 0 aliphatic rings. The van der Waals surface area contributed by atoms with E-state index < -0.39 is 12.0 Å². The molecule has 0 spiro atoms. The van der Waals surface area contributed by atoms with Crippen molar-refractivity contribution in [3.05, 3.63) is 0 Å². The fourth-order valence-corrected chi connectivity index (χ4v) is 0.858. The fourth-order valence-electron chi connectivity index (χ4n) is 0.368. The molecule has 3 nitrogen and oxygen atoms in total. The zero-order valence-electron chi connectivity index (χ0n) is 7.33. The van der Waals surface area contributed by atoms with Crippen molar-refractivity contribution in [3.8, 4) is 0 Å². The van der Waals surface area contributed by atoms with Crippen LogP contribution < -0.4 is 57.1 Å². The van der Waals surface area contributed by atoms with Gasteiger partial charge in [0.05, 0.1) is 0 Å². The smallest absolute Gasteiger partial charge is 1.00 e. The summed E-state index contributed by atoms with van der Waals surface area (Å²) < 4.78 is 0. The third-order valence-electron chi connectivity index (χ3n) is 0.950. The van der Waals surface area contributed by atoms with E-state index in [4.69, 9.17) is 10.8 Å². The minimum absolute atomic E-state index is 0. The minimum atomic E-state index is -0.913. The maximum absolute atomic E-state index is 10.1. The minimum Gasteiger partial charge on any atom is -1.00 e. The fraction of sp³-hybridized carbons (Fsp3) is 0.800. The Balaban J connectivity index is -0.000000320. The third kappa shape index (κ3) is 7.52. The first-order chi connectivity index (χ1) is 4.18. The number of carbonyl (C=O) groups is 1. The van der Waals surface area contributed by atoms with E-state index in [2.05, 4.69) is 0 Å². The summed E-state index contributed by atoms with van der Waals surface area (Å²) in [5, 5.41) is 8.27. The van der Waals surface area contributed by atoms with Crippen LogP contribution >= 0.6 is 11.8 Å². The van der Waals surface area contributed by atoms with Crippen LogP contribution in [-0.2, 0) is 4.79 Å². The Morgan fingerprint density at radius 1 is 1.90 bits per heavy atom. The van der Waals surface area contributed by atoms with E-state index in [9.17, 15) is 4.79 Å². The first-order valence-corrected chi connectivity index (χ1v) is 4.05. The standard InChI is InChI=1S/C5H11NO2S.K.H/c1-9-3-2-4(6)5(7)8;;/h4H,2-3,6H2,1H3,(H,7,8);;/q;+1;-1. The van der Waals surface area contributed by atoms with E-state index in [0.717, 1.165) is 5.75 Å². The van der Waals surface area contributed by atoms with Gasteiger partial charge in [0.1, 0.15) is 6.04 Å². The molecule has 0 aliphatic heterocycles. The number of hydrogen-bond acceptors (Lipinski definition) is 3. The monoisotopic (exact) mass is 189 g/mol. The van der Waals surface area contributed by atoms with Crippen LogP contribution in [0.4, 0.5) is 0 Å². The molecule has 0 amide bonds. The molecule has 1 atom stereocenters. The van der Waals surface area contributed by atoms with Gasteiger partial charge in [0.25, 0.3) is 0 Å². The van der Waals surface area contributed by atoms with Crippen LogP contribution in [0, 0.1) is 0 Å². The molecule has 0 fully saturated rings. The van der Waals surface area contributed by atoms with Gasteiger partial charge in [-0.05, 0) is 18.4 Å². The Morgan fingerprint density at radius 2 is 2.40 bits per heavy atom. The zero-order chi connectivity index (χ0) is 7.28. The van der Waals surface area contributed by atoms with E-state index in [1.54, 1.807) is 11.8 Å². The SMILES string of the molecule is CSCCC(N)C(=O)O.[H-].[K+]. The molecule has 0 aromatic heterocycles. The largest absolute Gasteiger partial charge is 1.00 e. The summed E-state index contributed by atoms with van der Waals surface area (Å²) in [6, 6.07) is -0.683. The molecule has 1 unspecified atom stereocenters. The van der Waals surface area contributed by atoms with Gasteiger partial charge in [-0.1, -0.05) is 0 Å². The molecular formula is C5H12KNO2S. The maximum Gasteiger partial charge on any atom is 1.00 e. The molecule has 0 radical (unpaired) electrons. The van der Waals surface area contributed by atoms with Gasteiger partial charge in [0.2, 0.25) is 0 Å². The molecule has 0 saturated carbocycles. The molecule has 0 rings (SSSR count). The zero-order valence-corrected chi connectivity index (χ0v) is 10.3. The van der Waals surface area contributed by atoms with Gasteiger partial charge in [-0.25, -0.2) is 0 Å². The Hall–Kier alpha value is 1.42. The van der Waals surface area contributed by atoms with Gasteiger partial charge >= 0.3 is 57.4 Å². The predicted molar refractivity (Wildman–Crippen MR) is 39.7 cm³/mol. The number of rotatable bonds is 4. The Kier molecular flexibility index (Phi) is 11.9. The first kappa shape index (κ1) is 14.0.